The Hall–Kier alpha value is -1.13. The fourth-order valence-corrected chi connectivity index (χ4v) is 2.27. The first-order valence-electron chi connectivity index (χ1n) is 4.67. The van der Waals surface area contributed by atoms with Gasteiger partial charge in [-0.1, -0.05) is 28.1 Å². The molecule has 1 aliphatic heterocycles. The maximum atomic E-state index is 11.7. The number of anilines is 1. The Morgan fingerprint density at radius 3 is 3.13 bits per heavy atom. The summed E-state index contributed by atoms with van der Waals surface area (Å²) in [5.41, 5.74) is 1.85. The molecule has 0 spiro atoms. The van der Waals surface area contributed by atoms with E-state index >= 15 is 0 Å². The molecule has 0 aliphatic carbocycles. The fourth-order valence-electron chi connectivity index (χ4n) is 1.67. The fraction of sp³-hybridized carbons (Fsp3) is 0.182. The molecule has 2 rings (SSSR count). The van der Waals surface area contributed by atoms with Crippen molar-refractivity contribution in [3.8, 4) is 0 Å². The number of benzene rings is 1. The van der Waals surface area contributed by atoms with Crippen LogP contribution in [0.4, 0.5) is 5.69 Å². The van der Waals surface area contributed by atoms with E-state index in [-0.39, 0.29) is 11.9 Å². The zero-order valence-electron chi connectivity index (χ0n) is 8.09. The van der Waals surface area contributed by atoms with E-state index in [1.165, 1.54) is 0 Å². The molecule has 0 radical (unpaired) electrons. The van der Waals surface area contributed by atoms with Gasteiger partial charge in [0.05, 0.1) is 0 Å². The molecule has 0 saturated heterocycles. The molecule has 0 saturated carbocycles. The minimum atomic E-state index is -0.284. The highest BCUT2D eigenvalue weighted by Crippen LogP contribution is 2.36. The molecule has 1 heterocycles. The molecule has 15 heavy (non-hydrogen) atoms. The summed E-state index contributed by atoms with van der Waals surface area (Å²) in [4.78, 5) is 11.7. The smallest absolute Gasteiger partial charge is 0.246 e. The van der Waals surface area contributed by atoms with Gasteiger partial charge >= 0.3 is 0 Å². The lowest BCUT2D eigenvalue weighted by molar-refractivity contribution is -0.117. The third-order valence-corrected chi connectivity index (χ3v) is 3.02. The predicted molar refractivity (Wildman–Crippen MR) is 63.7 cm³/mol. The highest BCUT2D eigenvalue weighted by atomic mass is 79.9. The molecule has 1 atom stereocenters. The lowest BCUT2D eigenvalue weighted by Crippen LogP contribution is -2.27. The van der Waals surface area contributed by atoms with Crippen LogP contribution in [0.25, 0.3) is 0 Å². The third-order valence-electron chi connectivity index (χ3n) is 2.33. The van der Waals surface area contributed by atoms with Crippen molar-refractivity contribution in [3.63, 3.8) is 0 Å². The summed E-state index contributed by atoms with van der Waals surface area (Å²) in [5.74, 6) is -0.0150. The summed E-state index contributed by atoms with van der Waals surface area (Å²) >= 11 is 3.45. The molecule has 0 bridgehead atoms. The number of amides is 1. The van der Waals surface area contributed by atoms with Crippen LogP contribution in [0.5, 0.6) is 0 Å². The highest BCUT2D eigenvalue weighted by Gasteiger charge is 2.31. The van der Waals surface area contributed by atoms with Crippen molar-refractivity contribution in [2.75, 3.05) is 11.9 Å². The van der Waals surface area contributed by atoms with Gasteiger partial charge in [-0.25, -0.2) is 0 Å². The quantitative estimate of drug-likeness (QED) is 0.824. The van der Waals surface area contributed by atoms with Crippen LogP contribution in [-0.4, -0.2) is 12.5 Å². The molecule has 0 fully saturated rings. The Morgan fingerprint density at radius 2 is 2.40 bits per heavy atom. The zero-order chi connectivity index (χ0) is 10.8. The first kappa shape index (κ1) is 10.4. The standard InChI is InChI=1S/C11H11BrN2O/c1-2-6-13-10-9-7(12)4-3-5-8(9)14-11(10)15/h2-5,10,13H,1,6H2,(H,14,15). The van der Waals surface area contributed by atoms with Crippen LogP contribution in [0.3, 0.4) is 0 Å². The van der Waals surface area contributed by atoms with Crippen LogP contribution in [0, 0.1) is 0 Å². The van der Waals surface area contributed by atoms with Gasteiger partial charge in [0.2, 0.25) is 5.91 Å². The van der Waals surface area contributed by atoms with E-state index in [9.17, 15) is 4.79 Å². The van der Waals surface area contributed by atoms with Crippen molar-refractivity contribution < 1.29 is 4.79 Å². The maximum absolute atomic E-state index is 11.7. The molecule has 1 aromatic carbocycles. The number of carbonyl (C=O) groups excluding carboxylic acids is 1. The number of hydrogen-bond donors (Lipinski definition) is 2. The zero-order valence-corrected chi connectivity index (χ0v) is 9.67. The van der Waals surface area contributed by atoms with E-state index in [0.717, 1.165) is 15.7 Å². The minimum absolute atomic E-state index is 0.0150. The summed E-state index contributed by atoms with van der Waals surface area (Å²) in [5, 5.41) is 5.95. The molecule has 4 heteroatoms. The Bertz CT molecular complexity index is 417. The number of halogens is 1. The summed E-state index contributed by atoms with van der Waals surface area (Å²) in [6.07, 6.45) is 1.74. The monoisotopic (exact) mass is 266 g/mol. The van der Waals surface area contributed by atoms with Crippen LogP contribution >= 0.6 is 15.9 Å². The first-order valence-corrected chi connectivity index (χ1v) is 5.47. The Labute approximate surface area is 96.7 Å². The van der Waals surface area contributed by atoms with E-state index in [4.69, 9.17) is 0 Å². The molecule has 78 valence electrons. The lowest BCUT2D eigenvalue weighted by atomic mass is 10.1. The minimum Gasteiger partial charge on any atom is -0.324 e. The van der Waals surface area contributed by atoms with Gasteiger partial charge in [-0.15, -0.1) is 6.58 Å². The van der Waals surface area contributed by atoms with Crippen LogP contribution in [0.15, 0.2) is 35.3 Å². The van der Waals surface area contributed by atoms with Crippen molar-refractivity contribution in [1.82, 2.24) is 5.32 Å². The van der Waals surface area contributed by atoms with E-state index < -0.39 is 0 Å². The van der Waals surface area contributed by atoms with Crippen molar-refractivity contribution in [2.45, 2.75) is 6.04 Å². The summed E-state index contributed by atoms with van der Waals surface area (Å²) in [6.45, 7) is 4.23. The van der Waals surface area contributed by atoms with Crippen molar-refractivity contribution in [3.05, 3.63) is 40.9 Å². The Kier molecular flexibility index (Phi) is 2.88. The van der Waals surface area contributed by atoms with Crippen LogP contribution in [0.1, 0.15) is 11.6 Å². The summed E-state index contributed by atoms with van der Waals surface area (Å²) in [7, 11) is 0. The second-order valence-electron chi connectivity index (χ2n) is 3.32. The second-order valence-corrected chi connectivity index (χ2v) is 4.17. The molecular formula is C11H11BrN2O. The Balaban J connectivity index is 2.35. The van der Waals surface area contributed by atoms with E-state index in [2.05, 4.69) is 33.1 Å². The number of hydrogen-bond acceptors (Lipinski definition) is 2. The summed E-state index contributed by atoms with van der Waals surface area (Å²) in [6, 6.07) is 5.45. The average Bonchev–Trinajstić information content (AvgIpc) is 2.53. The Morgan fingerprint density at radius 1 is 1.60 bits per heavy atom. The highest BCUT2D eigenvalue weighted by molar-refractivity contribution is 9.10. The number of nitrogens with one attached hydrogen (secondary N) is 2. The van der Waals surface area contributed by atoms with Gasteiger partial charge in [-0.05, 0) is 12.1 Å². The lowest BCUT2D eigenvalue weighted by Gasteiger charge is -2.10. The van der Waals surface area contributed by atoms with E-state index in [1.54, 1.807) is 6.08 Å². The van der Waals surface area contributed by atoms with Gasteiger partial charge in [-0.3, -0.25) is 10.1 Å². The van der Waals surface area contributed by atoms with Crippen molar-refractivity contribution in [1.29, 1.82) is 0 Å². The maximum Gasteiger partial charge on any atom is 0.246 e. The molecule has 2 N–H and O–H groups in total. The molecule has 3 nitrogen and oxygen atoms in total. The van der Waals surface area contributed by atoms with E-state index in [0.29, 0.717) is 6.54 Å². The summed E-state index contributed by atoms with van der Waals surface area (Å²) < 4.78 is 0.944. The van der Waals surface area contributed by atoms with Gasteiger partial charge in [0, 0.05) is 22.3 Å². The molecule has 1 aromatic rings. The van der Waals surface area contributed by atoms with E-state index in [1.807, 2.05) is 18.2 Å². The molecule has 0 aromatic heterocycles. The van der Waals surface area contributed by atoms with Crippen molar-refractivity contribution >= 4 is 27.5 Å². The SMILES string of the molecule is C=CCNC1C(=O)Nc2cccc(Br)c21. The van der Waals surface area contributed by atoms with Crippen LogP contribution < -0.4 is 10.6 Å². The molecule has 1 unspecified atom stereocenters. The van der Waals surface area contributed by atoms with Gasteiger partial charge in [0.15, 0.2) is 0 Å². The first-order chi connectivity index (χ1) is 7.24. The van der Waals surface area contributed by atoms with Gasteiger partial charge in [0.1, 0.15) is 6.04 Å². The molecular weight excluding hydrogens is 256 g/mol. The van der Waals surface area contributed by atoms with Gasteiger partial charge in [-0.2, -0.15) is 0 Å². The largest absolute Gasteiger partial charge is 0.324 e. The number of carbonyl (C=O) groups is 1. The number of rotatable bonds is 3. The van der Waals surface area contributed by atoms with Crippen LogP contribution in [0.2, 0.25) is 0 Å². The predicted octanol–water partition coefficient (Wildman–Crippen LogP) is 2.22. The molecule has 1 amide bonds. The van der Waals surface area contributed by atoms with Crippen molar-refractivity contribution in [2.24, 2.45) is 0 Å². The average molecular weight is 267 g/mol. The third kappa shape index (κ3) is 1.82. The molecule has 1 aliphatic rings. The topological polar surface area (TPSA) is 41.1 Å². The van der Waals surface area contributed by atoms with Crippen LogP contribution in [-0.2, 0) is 4.79 Å². The normalized spacial score (nSPS) is 18.5. The van der Waals surface area contributed by atoms with Gasteiger partial charge in [0.25, 0.3) is 0 Å². The van der Waals surface area contributed by atoms with Gasteiger partial charge < -0.3 is 5.32 Å². The number of fused-ring (bicyclic) bond motifs is 1. The second kappa shape index (κ2) is 4.16.